The minimum absolute atomic E-state index is 0.0225. The number of likely N-dealkylation sites (tertiary alicyclic amines) is 1. The molecule has 2 heterocycles. The molecule has 0 saturated carbocycles. The molecule has 1 aromatic carbocycles. The number of carbonyl (C=O) groups excluding carboxylic acids is 1. The fourth-order valence-electron chi connectivity index (χ4n) is 2.54. The Hall–Kier alpha value is -1.81. The van der Waals surface area contributed by atoms with E-state index in [1.54, 1.807) is 7.11 Å². The molecule has 0 bridgehead atoms. The number of furan rings is 1. The standard InChI is InChI=1S/C15H17NO3/c1-18-12-6-8-16(9-7-12)15(17)14-10-11-4-2-3-5-13(11)19-14/h2-5,10,12H,6-9H2,1H3. The van der Waals surface area contributed by atoms with Gasteiger partial charge in [-0.25, -0.2) is 0 Å². The Bertz CT molecular complexity index is 549. The zero-order valence-electron chi connectivity index (χ0n) is 11.0. The second-order valence-electron chi connectivity index (χ2n) is 4.88. The van der Waals surface area contributed by atoms with Crippen LogP contribution in [-0.4, -0.2) is 37.1 Å². The lowest BCUT2D eigenvalue weighted by molar-refractivity contribution is 0.0335. The van der Waals surface area contributed by atoms with Crippen molar-refractivity contribution in [1.29, 1.82) is 0 Å². The van der Waals surface area contributed by atoms with Crippen LogP contribution in [-0.2, 0) is 4.74 Å². The molecule has 4 nitrogen and oxygen atoms in total. The van der Waals surface area contributed by atoms with E-state index >= 15 is 0 Å². The number of para-hydroxylation sites is 1. The first-order chi connectivity index (χ1) is 9.28. The van der Waals surface area contributed by atoms with Gasteiger partial charge in [0, 0.05) is 25.6 Å². The van der Waals surface area contributed by atoms with Crippen molar-refractivity contribution >= 4 is 16.9 Å². The van der Waals surface area contributed by atoms with Crippen molar-refractivity contribution in [3.8, 4) is 0 Å². The molecule has 0 unspecified atom stereocenters. The molecule has 19 heavy (non-hydrogen) atoms. The maximum Gasteiger partial charge on any atom is 0.289 e. The average molecular weight is 259 g/mol. The number of hydrogen-bond donors (Lipinski definition) is 0. The fourth-order valence-corrected chi connectivity index (χ4v) is 2.54. The van der Waals surface area contributed by atoms with Crippen molar-refractivity contribution in [2.75, 3.05) is 20.2 Å². The minimum Gasteiger partial charge on any atom is -0.451 e. The van der Waals surface area contributed by atoms with Gasteiger partial charge in [-0.15, -0.1) is 0 Å². The molecule has 2 aromatic rings. The normalized spacial score (nSPS) is 17.0. The summed E-state index contributed by atoms with van der Waals surface area (Å²) in [7, 11) is 1.72. The van der Waals surface area contributed by atoms with Crippen LogP contribution in [0.3, 0.4) is 0 Å². The lowest BCUT2D eigenvalue weighted by Crippen LogP contribution is -2.40. The third-order valence-electron chi connectivity index (χ3n) is 3.70. The predicted molar refractivity (Wildman–Crippen MR) is 72.1 cm³/mol. The van der Waals surface area contributed by atoms with Gasteiger partial charge in [0.15, 0.2) is 5.76 Å². The molecule has 3 rings (SSSR count). The Morgan fingerprint density at radius 2 is 2.05 bits per heavy atom. The van der Waals surface area contributed by atoms with E-state index < -0.39 is 0 Å². The van der Waals surface area contributed by atoms with Gasteiger partial charge < -0.3 is 14.1 Å². The van der Waals surface area contributed by atoms with Crippen molar-refractivity contribution in [3.63, 3.8) is 0 Å². The van der Waals surface area contributed by atoms with Crippen LogP contribution in [0.1, 0.15) is 23.4 Å². The van der Waals surface area contributed by atoms with Crippen LogP contribution in [0, 0.1) is 0 Å². The highest BCUT2D eigenvalue weighted by molar-refractivity contribution is 5.96. The van der Waals surface area contributed by atoms with Crippen LogP contribution in [0.4, 0.5) is 0 Å². The minimum atomic E-state index is -0.0225. The number of hydrogen-bond acceptors (Lipinski definition) is 3. The van der Waals surface area contributed by atoms with Gasteiger partial charge in [0.2, 0.25) is 0 Å². The van der Waals surface area contributed by atoms with E-state index in [9.17, 15) is 4.79 Å². The molecule has 100 valence electrons. The second-order valence-corrected chi connectivity index (χ2v) is 4.88. The smallest absolute Gasteiger partial charge is 0.289 e. The summed E-state index contributed by atoms with van der Waals surface area (Å²) in [4.78, 5) is 14.2. The van der Waals surface area contributed by atoms with E-state index in [4.69, 9.17) is 9.15 Å². The average Bonchev–Trinajstić information content (AvgIpc) is 2.90. The van der Waals surface area contributed by atoms with Gasteiger partial charge in [-0.2, -0.15) is 0 Å². The molecule has 1 fully saturated rings. The van der Waals surface area contributed by atoms with Crippen LogP contribution in [0.5, 0.6) is 0 Å². The lowest BCUT2D eigenvalue weighted by Gasteiger charge is -2.30. The van der Waals surface area contributed by atoms with Gasteiger partial charge in [0.1, 0.15) is 5.58 Å². The monoisotopic (exact) mass is 259 g/mol. The topological polar surface area (TPSA) is 42.7 Å². The Morgan fingerprint density at radius 3 is 2.74 bits per heavy atom. The van der Waals surface area contributed by atoms with Crippen LogP contribution in [0.25, 0.3) is 11.0 Å². The molecule has 0 radical (unpaired) electrons. The van der Waals surface area contributed by atoms with E-state index in [1.165, 1.54) is 0 Å². The van der Waals surface area contributed by atoms with Crippen LogP contribution >= 0.6 is 0 Å². The molecule has 1 saturated heterocycles. The second kappa shape index (κ2) is 5.05. The van der Waals surface area contributed by atoms with Gasteiger partial charge in [-0.3, -0.25) is 4.79 Å². The molecule has 0 N–H and O–H groups in total. The summed E-state index contributed by atoms with van der Waals surface area (Å²) in [6.45, 7) is 1.46. The fraction of sp³-hybridized carbons (Fsp3) is 0.400. The Labute approximate surface area is 111 Å². The zero-order chi connectivity index (χ0) is 13.2. The Kier molecular flexibility index (Phi) is 3.25. The van der Waals surface area contributed by atoms with Crippen LogP contribution in [0.2, 0.25) is 0 Å². The molecular weight excluding hydrogens is 242 g/mol. The summed E-state index contributed by atoms with van der Waals surface area (Å²) in [6.07, 6.45) is 2.06. The van der Waals surface area contributed by atoms with E-state index in [0.29, 0.717) is 5.76 Å². The quantitative estimate of drug-likeness (QED) is 0.832. The number of benzene rings is 1. The summed E-state index contributed by atoms with van der Waals surface area (Å²) in [5, 5.41) is 0.970. The highest BCUT2D eigenvalue weighted by Crippen LogP contribution is 2.22. The summed E-state index contributed by atoms with van der Waals surface area (Å²) in [6, 6.07) is 9.50. The van der Waals surface area contributed by atoms with Crippen molar-refractivity contribution < 1.29 is 13.9 Å². The molecule has 1 aromatic heterocycles. The van der Waals surface area contributed by atoms with Crippen molar-refractivity contribution in [2.24, 2.45) is 0 Å². The van der Waals surface area contributed by atoms with E-state index in [1.807, 2.05) is 35.2 Å². The highest BCUT2D eigenvalue weighted by atomic mass is 16.5. The van der Waals surface area contributed by atoms with E-state index in [2.05, 4.69) is 0 Å². The first-order valence-corrected chi connectivity index (χ1v) is 6.58. The van der Waals surface area contributed by atoms with Gasteiger partial charge in [0.25, 0.3) is 5.91 Å². The Morgan fingerprint density at radius 1 is 1.32 bits per heavy atom. The molecule has 0 atom stereocenters. The summed E-state index contributed by atoms with van der Waals surface area (Å²) in [5.74, 6) is 0.405. The number of fused-ring (bicyclic) bond motifs is 1. The van der Waals surface area contributed by atoms with Crippen LogP contribution in [0.15, 0.2) is 34.7 Å². The molecule has 0 spiro atoms. The lowest BCUT2D eigenvalue weighted by atomic mass is 10.1. The molecule has 1 aliphatic rings. The molecule has 1 aliphatic heterocycles. The number of piperidine rings is 1. The van der Waals surface area contributed by atoms with Crippen LogP contribution < -0.4 is 0 Å². The number of carbonyl (C=O) groups is 1. The number of methoxy groups -OCH3 is 1. The SMILES string of the molecule is COC1CCN(C(=O)c2cc3ccccc3o2)CC1. The van der Waals surface area contributed by atoms with E-state index in [0.717, 1.165) is 36.9 Å². The largest absolute Gasteiger partial charge is 0.451 e. The number of ether oxygens (including phenoxy) is 1. The molecular formula is C15H17NO3. The van der Waals surface area contributed by atoms with Gasteiger partial charge in [0.05, 0.1) is 6.10 Å². The first-order valence-electron chi connectivity index (χ1n) is 6.58. The number of amides is 1. The first kappa shape index (κ1) is 12.2. The van der Waals surface area contributed by atoms with Gasteiger partial charge in [-0.1, -0.05) is 18.2 Å². The maximum absolute atomic E-state index is 12.4. The molecule has 4 heteroatoms. The van der Waals surface area contributed by atoms with Gasteiger partial charge >= 0.3 is 0 Å². The Balaban J connectivity index is 1.77. The number of rotatable bonds is 2. The van der Waals surface area contributed by atoms with Crippen molar-refractivity contribution in [2.45, 2.75) is 18.9 Å². The molecule has 0 aliphatic carbocycles. The summed E-state index contributed by atoms with van der Waals surface area (Å²) in [5.41, 5.74) is 0.762. The third kappa shape index (κ3) is 2.36. The third-order valence-corrected chi connectivity index (χ3v) is 3.70. The van der Waals surface area contributed by atoms with E-state index in [-0.39, 0.29) is 12.0 Å². The summed E-state index contributed by atoms with van der Waals surface area (Å²) >= 11 is 0. The maximum atomic E-state index is 12.4. The van der Waals surface area contributed by atoms with Crippen molar-refractivity contribution in [1.82, 2.24) is 4.90 Å². The number of nitrogens with zero attached hydrogens (tertiary/aromatic N) is 1. The zero-order valence-corrected chi connectivity index (χ0v) is 11.0. The highest BCUT2D eigenvalue weighted by Gasteiger charge is 2.25. The molecule has 1 amide bonds. The summed E-state index contributed by atoms with van der Waals surface area (Å²) < 4.78 is 10.9. The van der Waals surface area contributed by atoms with Crippen molar-refractivity contribution in [3.05, 3.63) is 36.1 Å². The van der Waals surface area contributed by atoms with Gasteiger partial charge in [-0.05, 0) is 25.0 Å². The predicted octanol–water partition coefficient (Wildman–Crippen LogP) is 2.68.